The second-order valence-corrected chi connectivity index (χ2v) is 6.11. The third-order valence-electron chi connectivity index (χ3n) is 2.54. The van der Waals surface area contributed by atoms with Gasteiger partial charge >= 0.3 is 0 Å². The molecular formula is C12H11ClN4O3S. The van der Waals surface area contributed by atoms with Gasteiger partial charge in [-0.05, 0) is 30.3 Å². The van der Waals surface area contributed by atoms with Crippen LogP contribution in [0, 0.1) is 0 Å². The van der Waals surface area contributed by atoms with Crippen molar-refractivity contribution in [2.75, 3.05) is 10.5 Å². The van der Waals surface area contributed by atoms with Crippen molar-refractivity contribution in [2.45, 2.75) is 4.90 Å². The van der Waals surface area contributed by atoms with E-state index in [9.17, 15) is 13.2 Å². The van der Waals surface area contributed by atoms with Crippen LogP contribution in [0.2, 0.25) is 5.15 Å². The minimum atomic E-state index is -3.95. The fourth-order valence-corrected chi connectivity index (χ4v) is 2.88. The average molecular weight is 327 g/mol. The maximum atomic E-state index is 12.2. The Kier molecular flexibility index (Phi) is 4.01. The van der Waals surface area contributed by atoms with Crippen molar-refractivity contribution in [3.63, 3.8) is 0 Å². The number of nitrogens with one attached hydrogen (secondary N) is 1. The number of nitrogens with zero attached hydrogens (tertiary/aromatic N) is 1. The number of pyridine rings is 1. The lowest BCUT2D eigenvalue weighted by atomic mass is 10.2. The summed E-state index contributed by atoms with van der Waals surface area (Å²) in [5.74, 6) is -0.643. The van der Waals surface area contributed by atoms with E-state index in [0.717, 1.165) is 0 Å². The quantitative estimate of drug-likeness (QED) is 0.574. The summed E-state index contributed by atoms with van der Waals surface area (Å²) in [5, 5.41) is 0.146. The highest BCUT2D eigenvalue weighted by Crippen LogP contribution is 2.22. The Balaban J connectivity index is 2.38. The lowest BCUT2D eigenvalue weighted by Gasteiger charge is -2.10. The average Bonchev–Trinajstić information content (AvgIpc) is 2.37. The van der Waals surface area contributed by atoms with Crippen molar-refractivity contribution in [1.29, 1.82) is 0 Å². The predicted octanol–water partition coefficient (Wildman–Crippen LogP) is 1.22. The summed E-state index contributed by atoms with van der Waals surface area (Å²) in [6, 6.07) is 8.17. The number of aromatic nitrogens is 1. The molecule has 110 valence electrons. The summed E-state index contributed by atoms with van der Waals surface area (Å²) in [5.41, 5.74) is 10.8. The van der Waals surface area contributed by atoms with E-state index < -0.39 is 15.9 Å². The van der Waals surface area contributed by atoms with Gasteiger partial charge in [0.25, 0.3) is 10.0 Å². The van der Waals surface area contributed by atoms with Gasteiger partial charge in [-0.15, -0.1) is 0 Å². The summed E-state index contributed by atoms with van der Waals surface area (Å²) in [4.78, 5) is 14.7. The van der Waals surface area contributed by atoms with Gasteiger partial charge in [-0.2, -0.15) is 0 Å². The number of sulfonamides is 1. The maximum Gasteiger partial charge on any atom is 0.265 e. The van der Waals surface area contributed by atoms with Crippen molar-refractivity contribution in [2.24, 2.45) is 5.73 Å². The van der Waals surface area contributed by atoms with Crippen molar-refractivity contribution in [3.8, 4) is 0 Å². The second kappa shape index (κ2) is 5.58. The number of hydrogen-bond donors (Lipinski definition) is 3. The number of primary amides is 1. The van der Waals surface area contributed by atoms with Gasteiger partial charge in [-0.1, -0.05) is 17.7 Å². The number of amides is 1. The molecule has 0 saturated carbocycles. The zero-order chi connectivity index (χ0) is 15.6. The SMILES string of the molecule is NC(=O)c1ccc(S(=O)(=O)Nc2cccc(Cl)n2)c(N)c1. The fourth-order valence-electron chi connectivity index (χ4n) is 1.60. The number of benzene rings is 1. The van der Waals surface area contributed by atoms with Crippen LogP contribution < -0.4 is 16.2 Å². The van der Waals surface area contributed by atoms with E-state index in [2.05, 4.69) is 9.71 Å². The molecule has 1 amide bonds. The first kappa shape index (κ1) is 15.1. The number of nitrogens with two attached hydrogens (primary N) is 2. The molecule has 0 spiro atoms. The molecule has 9 heteroatoms. The zero-order valence-electron chi connectivity index (χ0n) is 10.6. The number of halogens is 1. The molecule has 1 aromatic heterocycles. The van der Waals surface area contributed by atoms with E-state index in [1.165, 1.54) is 30.3 Å². The highest BCUT2D eigenvalue weighted by molar-refractivity contribution is 7.92. The van der Waals surface area contributed by atoms with E-state index in [1.807, 2.05) is 0 Å². The molecule has 0 bridgehead atoms. The van der Waals surface area contributed by atoms with Gasteiger partial charge in [0.1, 0.15) is 15.9 Å². The molecule has 0 saturated heterocycles. The smallest absolute Gasteiger partial charge is 0.265 e. The van der Waals surface area contributed by atoms with Crippen LogP contribution >= 0.6 is 11.6 Å². The van der Waals surface area contributed by atoms with Crippen LogP contribution in [0.3, 0.4) is 0 Å². The Morgan fingerprint density at radius 3 is 2.52 bits per heavy atom. The van der Waals surface area contributed by atoms with E-state index in [1.54, 1.807) is 6.07 Å². The molecule has 2 aromatic rings. The van der Waals surface area contributed by atoms with Crippen molar-refractivity contribution in [1.82, 2.24) is 4.98 Å². The third-order valence-corrected chi connectivity index (χ3v) is 4.18. The van der Waals surface area contributed by atoms with Crippen LogP contribution in [0.5, 0.6) is 0 Å². The first-order valence-corrected chi connectivity index (χ1v) is 7.50. The molecule has 2 rings (SSSR count). The van der Waals surface area contributed by atoms with Gasteiger partial charge in [-0.25, -0.2) is 13.4 Å². The predicted molar refractivity (Wildman–Crippen MR) is 79.4 cm³/mol. The Morgan fingerprint density at radius 1 is 1.24 bits per heavy atom. The lowest BCUT2D eigenvalue weighted by Crippen LogP contribution is -2.17. The van der Waals surface area contributed by atoms with Gasteiger partial charge in [-0.3, -0.25) is 9.52 Å². The summed E-state index contributed by atoms with van der Waals surface area (Å²) < 4.78 is 26.7. The first-order chi connectivity index (χ1) is 9.79. The number of carbonyl (C=O) groups excluding carboxylic acids is 1. The third kappa shape index (κ3) is 3.41. The van der Waals surface area contributed by atoms with Gasteiger partial charge < -0.3 is 11.5 Å². The van der Waals surface area contributed by atoms with Crippen LogP contribution in [0.4, 0.5) is 11.5 Å². The zero-order valence-corrected chi connectivity index (χ0v) is 12.1. The minimum Gasteiger partial charge on any atom is -0.398 e. The molecule has 0 aliphatic rings. The lowest BCUT2D eigenvalue weighted by molar-refractivity contribution is 0.1000. The van der Waals surface area contributed by atoms with Crippen LogP contribution in [0.1, 0.15) is 10.4 Å². The number of carbonyl (C=O) groups is 1. The monoisotopic (exact) mass is 326 g/mol. The summed E-state index contributed by atoms with van der Waals surface area (Å²) in [7, 11) is -3.95. The molecule has 0 atom stereocenters. The molecule has 1 aromatic carbocycles. The molecule has 0 unspecified atom stereocenters. The molecular weight excluding hydrogens is 316 g/mol. The summed E-state index contributed by atoms with van der Waals surface area (Å²) >= 11 is 5.68. The molecule has 7 nitrogen and oxygen atoms in total. The summed E-state index contributed by atoms with van der Waals surface area (Å²) in [6.07, 6.45) is 0. The van der Waals surface area contributed by atoms with Gasteiger partial charge in [0.05, 0.1) is 5.69 Å². The molecule has 1 heterocycles. The topological polar surface area (TPSA) is 128 Å². The molecule has 5 N–H and O–H groups in total. The van der Waals surface area contributed by atoms with Crippen LogP contribution in [0.25, 0.3) is 0 Å². The highest BCUT2D eigenvalue weighted by Gasteiger charge is 2.19. The largest absolute Gasteiger partial charge is 0.398 e. The van der Waals surface area contributed by atoms with Crippen LogP contribution in [-0.4, -0.2) is 19.3 Å². The van der Waals surface area contributed by atoms with Crippen molar-refractivity contribution in [3.05, 3.63) is 47.1 Å². The number of rotatable bonds is 4. The first-order valence-electron chi connectivity index (χ1n) is 5.64. The molecule has 21 heavy (non-hydrogen) atoms. The van der Waals surface area contributed by atoms with Crippen molar-refractivity contribution < 1.29 is 13.2 Å². The van der Waals surface area contributed by atoms with Gasteiger partial charge in [0.15, 0.2) is 0 Å². The van der Waals surface area contributed by atoms with Crippen LogP contribution in [0.15, 0.2) is 41.3 Å². The van der Waals surface area contributed by atoms with E-state index in [0.29, 0.717) is 0 Å². The normalized spacial score (nSPS) is 11.1. The molecule has 0 radical (unpaired) electrons. The number of nitrogen functional groups attached to an aromatic ring is 1. The molecule has 0 aliphatic carbocycles. The Morgan fingerprint density at radius 2 is 1.95 bits per heavy atom. The number of anilines is 2. The highest BCUT2D eigenvalue weighted by atomic mass is 35.5. The number of hydrogen-bond acceptors (Lipinski definition) is 5. The standard InChI is InChI=1S/C12H11ClN4O3S/c13-10-2-1-3-11(16-10)17-21(19,20)9-5-4-7(12(15)18)6-8(9)14/h1-6H,14H2,(H2,15,18)(H,16,17). The second-order valence-electron chi connectivity index (χ2n) is 4.07. The van der Waals surface area contributed by atoms with Crippen LogP contribution in [-0.2, 0) is 10.0 Å². The van der Waals surface area contributed by atoms with Crippen molar-refractivity contribution >= 4 is 39.0 Å². The molecule has 0 aliphatic heterocycles. The van der Waals surface area contributed by atoms with Gasteiger partial charge in [0.2, 0.25) is 5.91 Å². The summed E-state index contributed by atoms with van der Waals surface area (Å²) in [6.45, 7) is 0. The Hall–Kier alpha value is -2.32. The van der Waals surface area contributed by atoms with E-state index >= 15 is 0 Å². The Labute approximate surface area is 126 Å². The van der Waals surface area contributed by atoms with E-state index in [4.69, 9.17) is 23.1 Å². The molecule has 0 fully saturated rings. The van der Waals surface area contributed by atoms with Gasteiger partial charge in [0, 0.05) is 5.56 Å². The maximum absolute atomic E-state index is 12.2. The fraction of sp³-hybridized carbons (Fsp3) is 0. The van der Waals surface area contributed by atoms with E-state index in [-0.39, 0.29) is 27.1 Å². The Bertz CT molecular complexity index is 808. The minimum absolute atomic E-state index is 0.0564.